The molecule has 30 heavy (non-hydrogen) atoms. The first kappa shape index (κ1) is 18.8. The second kappa shape index (κ2) is 7.14. The number of benzene rings is 2. The summed E-state index contributed by atoms with van der Waals surface area (Å²) in [6.45, 7) is 1.24. The fourth-order valence-electron chi connectivity index (χ4n) is 3.47. The summed E-state index contributed by atoms with van der Waals surface area (Å²) in [5.74, 6) is -0.921. The predicted octanol–water partition coefficient (Wildman–Crippen LogP) is 4.06. The molecule has 1 amide bonds. The van der Waals surface area contributed by atoms with Crippen molar-refractivity contribution >= 4 is 39.5 Å². The van der Waals surface area contributed by atoms with Crippen LogP contribution in [0, 0.1) is 21.4 Å². The Morgan fingerprint density at radius 1 is 1.13 bits per heavy atom. The van der Waals surface area contributed by atoms with Crippen LogP contribution in [0.15, 0.2) is 60.8 Å². The number of nitro benzene ring substituents is 1. The number of hydrogen-bond donors (Lipinski definition) is 1. The van der Waals surface area contributed by atoms with Crippen LogP contribution in [-0.4, -0.2) is 21.0 Å². The molecule has 0 spiro atoms. The van der Waals surface area contributed by atoms with Gasteiger partial charge in [-0.3, -0.25) is 19.7 Å². The Labute approximate surface area is 170 Å². The lowest BCUT2D eigenvalue weighted by Gasteiger charge is -2.11. The monoisotopic (exact) mass is 398 g/mol. The maximum atomic E-state index is 13.4. The second-order valence-corrected chi connectivity index (χ2v) is 6.71. The van der Waals surface area contributed by atoms with Gasteiger partial charge in [-0.2, -0.15) is 5.26 Å². The average molecular weight is 398 g/mol. The molecular formula is C22H14N4O4. The number of fused-ring (bicyclic) bond motifs is 3. The smallest absolute Gasteiger partial charge is 0.293 e. The molecule has 0 aliphatic heterocycles. The van der Waals surface area contributed by atoms with Gasteiger partial charge in [-0.15, -0.1) is 0 Å². The summed E-state index contributed by atoms with van der Waals surface area (Å²) in [5, 5.41) is 23.9. The van der Waals surface area contributed by atoms with Crippen LogP contribution in [0.4, 0.5) is 11.4 Å². The van der Waals surface area contributed by atoms with Crippen LogP contribution in [0.5, 0.6) is 0 Å². The number of nitrogens with one attached hydrogen (secondary N) is 1. The SMILES string of the molecule is CC(=O)Nc1ccc(C(=O)c2cc(C#N)cc3ccc4cccn4c23)cc1[N+](=O)[O-]. The lowest BCUT2D eigenvalue weighted by atomic mass is 9.97. The molecule has 0 aliphatic carbocycles. The maximum absolute atomic E-state index is 13.4. The first-order valence-corrected chi connectivity index (χ1v) is 8.93. The van der Waals surface area contributed by atoms with Crippen molar-refractivity contribution in [2.75, 3.05) is 5.32 Å². The highest BCUT2D eigenvalue weighted by Crippen LogP contribution is 2.29. The van der Waals surface area contributed by atoms with Crippen LogP contribution in [0.25, 0.3) is 16.4 Å². The Balaban J connectivity index is 1.94. The second-order valence-electron chi connectivity index (χ2n) is 6.71. The predicted molar refractivity (Wildman–Crippen MR) is 110 cm³/mol. The number of anilines is 1. The zero-order valence-corrected chi connectivity index (χ0v) is 15.7. The van der Waals surface area contributed by atoms with Crippen LogP contribution in [0.1, 0.15) is 28.4 Å². The maximum Gasteiger partial charge on any atom is 0.293 e. The van der Waals surface area contributed by atoms with E-state index in [2.05, 4.69) is 11.4 Å². The summed E-state index contributed by atoms with van der Waals surface area (Å²) in [6.07, 6.45) is 1.81. The summed E-state index contributed by atoms with van der Waals surface area (Å²) in [4.78, 5) is 35.5. The number of ketones is 1. The molecule has 0 atom stereocenters. The molecule has 0 saturated heterocycles. The van der Waals surface area contributed by atoms with E-state index in [-0.39, 0.29) is 22.5 Å². The number of carbonyl (C=O) groups excluding carboxylic acids is 2. The van der Waals surface area contributed by atoms with Gasteiger partial charge in [0.05, 0.1) is 22.1 Å². The van der Waals surface area contributed by atoms with Gasteiger partial charge in [0.15, 0.2) is 5.78 Å². The average Bonchev–Trinajstić information content (AvgIpc) is 3.21. The van der Waals surface area contributed by atoms with E-state index in [1.54, 1.807) is 6.07 Å². The van der Waals surface area contributed by atoms with E-state index in [1.165, 1.54) is 25.1 Å². The van der Waals surface area contributed by atoms with Gasteiger partial charge in [-0.25, -0.2) is 0 Å². The number of rotatable bonds is 4. The molecule has 4 aromatic rings. The zero-order chi connectivity index (χ0) is 21.4. The van der Waals surface area contributed by atoms with Gasteiger partial charge < -0.3 is 9.72 Å². The van der Waals surface area contributed by atoms with Gasteiger partial charge in [-0.05, 0) is 42.5 Å². The van der Waals surface area contributed by atoms with Crippen molar-refractivity contribution in [3.63, 3.8) is 0 Å². The number of pyridine rings is 1. The first-order valence-electron chi connectivity index (χ1n) is 8.93. The van der Waals surface area contributed by atoms with E-state index in [4.69, 9.17) is 0 Å². The summed E-state index contributed by atoms with van der Waals surface area (Å²) in [7, 11) is 0. The number of amides is 1. The van der Waals surface area contributed by atoms with Crippen LogP contribution in [0.2, 0.25) is 0 Å². The third kappa shape index (κ3) is 3.14. The topological polar surface area (TPSA) is 118 Å². The number of nitrogens with zero attached hydrogens (tertiary/aromatic N) is 3. The first-order chi connectivity index (χ1) is 14.4. The normalized spacial score (nSPS) is 10.7. The molecule has 0 saturated carbocycles. The minimum atomic E-state index is -0.657. The van der Waals surface area contributed by atoms with Crippen LogP contribution < -0.4 is 5.32 Å². The fraction of sp³-hybridized carbons (Fsp3) is 0.0455. The van der Waals surface area contributed by atoms with Crippen molar-refractivity contribution in [2.24, 2.45) is 0 Å². The molecule has 4 rings (SSSR count). The standard InChI is InChI=1S/C22H14N4O4/c1-13(27)24-19-7-5-16(11-20(19)26(29)30)22(28)18-10-14(12-23)9-15-4-6-17-3-2-8-25(17)21(15)18/h2-11H,1H3,(H,24,27). The van der Waals surface area contributed by atoms with Crippen LogP contribution in [-0.2, 0) is 4.79 Å². The number of carbonyl (C=O) groups is 2. The molecule has 0 aliphatic rings. The molecular weight excluding hydrogens is 384 g/mol. The van der Waals surface area contributed by atoms with E-state index < -0.39 is 16.6 Å². The van der Waals surface area contributed by atoms with Gasteiger partial charge in [0, 0.05) is 41.2 Å². The number of nitro groups is 1. The highest BCUT2D eigenvalue weighted by molar-refractivity contribution is 6.16. The van der Waals surface area contributed by atoms with Crippen molar-refractivity contribution in [2.45, 2.75) is 6.92 Å². The summed E-state index contributed by atoms with van der Waals surface area (Å²) in [5.41, 5.74) is 1.74. The van der Waals surface area contributed by atoms with Gasteiger partial charge in [0.25, 0.3) is 5.69 Å². The van der Waals surface area contributed by atoms with Crippen LogP contribution >= 0.6 is 0 Å². The Hall–Kier alpha value is -4.51. The molecule has 2 heterocycles. The molecule has 2 aromatic heterocycles. The molecule has 0 bridgehead atoms. The minimum Gasteiger partial charge on any atom is -0.321 e. The van der Waals surface area contributed by atoms with Crippen LogP contribution in [0.3, 0.4) is 0 Å². The number of hydrogen-bond acceptors (Lipinski definition) is 5. The third-order valence-electron chi connectivity index (χ3n) is 4.74. The lowest BCUT2D eigenvalue weighted by Crippen LogP contribution is -2.10. The Morgan fingerprint density at radius 3 is 2.63 bits per heavy atom. The lowest BCUT2D eigenvalue weighted by molar-refractivity contribution is -0.383. The molecule has 8 heteroatoms. The summed E-state index contributed by atoms with van der Waals surface area (Å²) >= 11 is 0. The Kier molecular flexibility index (Phi) is 4.49. The van der Waals surface area contributed by atoms with E-state index in [9.17, 15) is 25.0 Å². The Bertz CT molecular complexity index is 1410. The highest BCUT2D eigenvalue weighted by atomic mass is 16.6. The number of nitriles is 1. The highest BCUT2D eigenvalue weighted by Gasteiger charge is 2.21. The van der Waals surface area contributed by atoms with Gasteiger partial charge in [0.1, 0.15) is 5.69 Å². The molecule has 1 N–H and O–H groups in total. The summed E-state index contributed by atoms with van der Waals surface area (Å²) < 4.78 is 1.84. The largest absolute Gasteiger partial charge is 0.321 e. The minimum absolute atomic E-state index is 0.00693. The summed E-state index contributed by atoms with van der Waals surface area (Å²) in [6, 6.07) is 16.5. The van der Waals surface area contributed by atoms with Gasteiger partial charge >= 0.3 is 0 Å². The van der Waals surface area contributed by atoms with Crippen molar-refractivity contribution in [1.82, 2.24) is 4.40 Å². The van der Waals surface area contributed by atoms with Crippen molar-refractivity contribution in [3.05, 3.63) is 87.6 Å². The molecule has 0 fully saturated rings. The molecule has 146 valence electrons. The molecule has 0 unspecified atom stereocenters. The quantitative estimate of drug-likeness (QED) is 0.316. The van der Waals surface area contributed by atoms with E-state index in [1.807, 2.05) is 34.9 Å². The molecule has 0 radical (unpaired) electrons. The molecule has 8 nitrogen and oxygen atoms in total. The van der Waals surface area contributed by atoms with Crippen molar-refractivity contribution < 1.29 is 14.5 Å². The van der Waals surface area contributed by atoms with E-state index in [0.717, 1.165) is 11.6 Å². The van der Waals surface area contributed by atoms with Gasteiger partial charge in [0.2, 0.25) is 5.91 Å². The fourth-order valence-corrected chi connectivity index (χ4v) is 3.47. The Morgan fingerprint density at radius 2 is 1.93 bits per heavy atom. The van der Waals surface area contributed by atoms with Crippen molar-refractivity contribution in [3.8, 4) is 6.07 Å². The zero-order valence-electron chi connectivity index (χ0n) is 15.7. The van der Waals surface area contributed by atoms with Gasteiger partial charge in [-0.1, -0.05) is 6.07 Å². The third-order valence-corrected chi connectivity index (χ3v) is 4.74. The number of aromatic nitrogens is 1. The van der Waals surface area contributed by atoms with Crippen molar-refractivity contribution in [1.29, 1.82) is 5.26 Å². The molecule has 2 aromatic carbocycles. The van der Waals surface area contributed by atoms with E-state index in [0.29, 0.717) is 16.5 Å². The van der Waals surface area contributed by atoms with E-state index >= 15 is 0 Å².